The Balaban J connectivity index is 2.12. The van der Waals surface area contributed by atoms with Crippen molar-refractivity contribution in [2.45, 2.75) is 12.5 Å². The summed E-state index contributed by atoms with van der Waals surface area (Å²) in [6.07, 6.45) is 1.62. The van der Waals surface area contributed by atoms with Crippen LogP contribution in [0.5, 0.6) is 5.75 Å². The molecule has 1 amide bonds. The SMILES string of the molecule is COC(=Cc1ccccc1)C(=O)NC(Cc1ccc(O)cc1)C(=O)O. The minimum absolute atomic E-state index is 0.0168. The van der Waals surface area contributed by atoms with Gasteiger partial charge in [0.05, 0.1) is 7.11 Å². The highest BCUT2D eigenvalue weighted by Gasteiger charge is 2.22. The minimum Gasteiger partial charge on any atom is -0.508 e. The van der Waals surface area contributed by atoms with Gasteiger partial charge >= 0.3 is 5.97 Å². The number of phenolic OH excluding ortho intramolecular Hbond substituents is 1. The molecule has 1 unspecified atom stereocenters. The number of amides is 1. The highest BCUT2D eigenvalue weighted by molar-refractivity contribution is 5.97. The average molecular weight is 341 g/mol. The van der Waals surface area contributed by atoms with Gasteiger partial charge in [-0.15, -0.1) is 0 Å². The number of hydrogen-bond acceptors (Lipinski definition) is 4. The molecule has 25 heavy (non-hydrogen) atoms. The van der Waals surface area contributed by atoms with Crippen LogP contribution in [0, 0.1) is 0 Å². The van der Waals surface area contributed by atoms with Crippen LogP contribution in [-0.4, -0.2) is 35.2 Å². The van der Waals surface area contributed by atoms with Crippen molar-refractivity contribution in [3.05, 3.63) is 71.5 Å². The second-order valence-corrected chi connectivity index (χ2v) is 5.36. The maximum Gasteiger partial charge on any atom is 0.326 e. The molecule has 0 fully saturated rings. The zero-order valence-corrected chi connectivity index (χ0v) is 13.7. The lowest BCUT2D eigenvalue weighted by molar-refractivity contribution is -0.141. The molecule has 0 aliphatic heterocycles. The standard InChI is InChI=1S/C19H19NO5/c1-25-17(12-13-5-3-2-4-6-13)18(22)20-16(19(23)24)11-14-7-9-15(21)10-8-14/h2-10,12,16,21H,11H2,1H3,(H,20,22)(H,23,24). The molecule has 130 valence electrons. The van der Waals surface area contributed by atoms with Crippen LogP contribution in [-0.2, 0) is 20.7 Å². The molecule has 0 heterocycles. The molecular formula is C19H19NO5. The molecule has 0 saturated heterocycles. The zero-order chi connectivity index (χ0) is 18.2. The summed E-state index contributed by atoms with van der Waals surface area (Å²) >= 11 is 0. The maximum atomic E-state index is 12.3. The van der Waals surface area contributed by atoms with Gasteiger partial charge in [-0.2, -0.15) is 0 Å². The van der Waals surface area contributed by atoms with E-state index in [0.717, 1.165) is 5.56 Å². The average Bonchev–Trinajstić information content (AvgIpc) is 2.61. The Hall–Kier alpha value is -3.28. The number of carbonyl (C=O) groups excluding carboxylic acids is 1. The third-order valence-electron chi connectivity index (χ3n) is 3.52. The van der Waals surface area contributed by atoms with Crippen molar-refractivity contribution < 1.29 is 24.5 Å². The van der Waals surface area contributed by atoms with Crippen LogP contribution in [0.3, 0.4) is 0 Å². The van der Waals surface area contributed by atoms with Crippen molar-refractivity contribution in [1.29, 1.82) is 0 Å². The van der Waals surface area contributed by atoms with E-state index >= 15 is 0 Å². The summed E-state index contributed by atoms with van der Waals surface area (Å²) in [5.74, 6) is -1.66. The Kier molecular flexibility index (Phi) is 6.17. The second kappa shape index (κ2) is 8.54. The van der Waals surface area contributed by atoms with E-state index in [-0.39, 0.29) is 17.9 Å². The van der Waals surface area contributed by atoms with Crippen LogP contribution in [0.2, 0.25) is 0 Å². The molecule has 0 spiro atoms. The summed E-state index contributed by atoms with van der Waals surface area (Å²) < 4.78 is 5.09. The van der Waals surface area contributed by atoms with Gasteiger partial charge in [0.2, 0.25) is 0 Å². The molecule has 1 atom stereocenters. The van der Waals surface area contributed by atoms with Gasteiger partial charge < -0.3 is 20.3 Å². The summed E-state index contributed by atoms with van der Waals surface area (Å²) in [6, 6.07) is 14.1. The Bertz CT molecular complexity index is 753. The number of methoxy groups -OCH3 is 1. The molecule has 0 radical (unpaired) electrons. The van der Waals surface area contributed by atoms with Crippen molar-refractivity contribution in [2.24, 2.45) is 0 Å². The van der Waals surface area contributed by atoms with Gasteiger partial charge in [0, 0.05) is 6.42 Å². The molecule has 0 aromatic heterocycles. The topological polar surface area (TPSA) is 95.9 Å². The van der Waals surface area contributed by atoms with Crippen molar-refractivity contribution in [3.63, 3.8) is 0 Å². The van der Waals surface area contributed by atoms with E-state index in [1.165, 1.54) is 25.3 Å². The molecule has 2 aromatic carbocycles. The van der Waals surface area contributed by atoms with Gasteiger partial charge in [-0.05, 0) is 29.3 Å². The lowest BCUT2D eigenvalue weighted by atomic mass is 10.1. The fourth-order valence-electron chi connectivity index (χ4n) is 2.21. The van der Waals surface area contributed by atoms with Crippen LogP contribution >= 0.6 is 0 Å². The number of carbonyl (C=O) groups is 2. The fourth-order valence-corrected chi connectivity index (χ4v) is 2.21. The van der Waals surface area contributed by atoms with Crippen molar-refractivity contribution >= 4 is 18.0 Å². The number of hydrogen-bond donors (Lipinski definition) is 3. The third kappa shape index (κ3) is 5.39. The Morgan fingerprint density at radius 2 is 1.76 bits per heavy atom. The van der Waals surface area contributed by atoms with E-state index < -0.39 is 17.9 Å². The summed E-state index contributed by atoms with van der Waals surface area (Å²) in [7, 11) is 1.35. The highest BCUT2D eigenvalue weighted by Crippen LogP contribution is 2.12. The number of carboxylic acids is 1. The molecule has 3 N–H and O–H groups in total. The predicted molar refractivity (Wildman–Crippen MR) is 92.8 cm³/mol. The number of aromatic hydroxyl groups is 1. The molecule has 0 aliphatic carbocycles. The highest BCUT2D eigenvalue weighted by atomic mass is 16.5. The molecule has 2 rings (SSSR count). The first-order valence-electron chi connectivity index (χ1n) is 7.62. The van der Waals surface area contributed by atoms with Crippen molar-refractivity contribution in [2.75, 3.05) is 7.11 Å². The van der Waals surface area contributed by atoms with Gasteiger partial charge in [0.1, 0.15) is 11.8 Å². The lowest BCUT2D eigenvalue weighted by Crippen LogP contribution is -2.43. The Morgan fingerprint density at radius 3 is 2.32 bits per heavy atom. The van der Waals surface area contributed by atoms with Crippen LogP contribution in [0.15, 0.2) is 60.4 Å². The molecule has 0 saturated carbocycles. The first kappa shape index (κ1) is 18.1. The molecular weight excluding hydrogens is 322 g/mol. The minimum atomic E-state index is -1.16. The van der Waals surface area contributed by atoms with Gasteiger partial charge in [-0.1, -0.05) is 42.5 Å². The van der Waals surface area contributed by atoms with Crippen molar-refractivity contribution in [1.82, 2.24) is 5.32 Å². The van der Waals surface area contributed by atoms with E-state index in [0.29, 0.717) is 5.56 Å². The molecule has 2 aromatic rings. The number of rotatable bonds is 7. The van der Waals surface area contributed by atoms with E-state index in [9.17, 15) is 19.8 Å². The van der Waals surface area contributed by atoms with Crippen LogP contribution < -0.4 is 5.32 Å². The quantitative estimate of drug-likeness (QED) is 0.530. The summed E-state index contributed by atoms with van der Waals surface area (Å²) in [5.41, 5.74) is 1.44. The number of nitrogens with one attached hydrogen (secondary N) is 1. The predicted octanol–water partition coefficient (Wildman–Crippen LogP) is 2.19. The fraction of sp³-hybridized carbons (Fsp3) is 0.158. The molecule has 0 bridgehead atoms. The number of aliphatic carboxylic acids is 1. The lowest BCUT2D eigenvalue weighted by Gasteiger charge is -2.15. The third-order valence-corrected chi connectivity index (χ3v) is 3.52. The van der Waals surface area contributed by atoms with Crippen LogP contribution in [0.4, 0.5) is 0 Å². The zero-order valence-electron chi connectivity index (χ0n) is 13.7. The Labute approximate surface area is 145 Å². The largest absolute Gasteiger partial charge is 0.508 e. The van der Waals surface area contributed by atoms with Crippen LogP contribution in [0.25, 0.3) is 6.08 Å². The smallest absolute Gasteiger partial charge is 0.326 e. The van der Waals surface area contributed by atoms with Gasteiger partial charge in [0.25, 0.3) is 5.91 Å². The normalized spacial score (nSPS) is 12.3. The first-order chi connectivity index (χ1) is 12.0. The van der Waals surface area contributed by atoms with E-state index in [1.807, 2.05) is 18.2 Å². The van der Waals surface area contributed by atoms with E-state index in [2.05, 4.69) is 5.32 Å². The summed E-state index contributed by atoms with van der Waals surface area (Å²) in [6.45, 7) is 0. The molecule has 6 nitrogen and oxygen atoms in total. The van der Waals surface area contributed by atoms with Crippen LogP contribution in [0.1, 0.15) is 11.1 Å². The monoisotopic (exact) mass is 341 g/mol. The summed E-state index contributed by atoms with van der Waals surface area (Å²) in [4.78, 5) is 23.8. The molecule has 0 aliphatic rings. The van der Waals surface area contributed by atoms with Gasteiger partial charge in [0.15, 0.2) is 5.76 Å². The second-order valence-electron chi connectivity index (χ2n) is 5.36. The van der Waals surface area contributed by atoms with Gasteiger partial charge in [-0.3, -0.25) is 4.79 Å². The van der Waals surface area contributed by atoms with E-state index in [4.69, 9.17) is 4.74 Å². The van der Waals surface area contributed by atoms with Gasteiger partial charge in [-0.25, -0.2) is 4.79 Å². The number of benzene rings is 2. The number of ether oxygens (including phenoxy) is 1. The Morgan fingerprint density at radius 1 is 1.12 bits per heavy atom. The summed E-state index contributed by atoms with van der Waals surface area (Å²) in [5, 5.41) is 21.1. The number of carboxylic acid groups (broad SMARTS) is 1. The molecule has 6 heteroatoms. The van der Waals surface area contributed by atoms with E-state index in [1.54, 1.807) is 24.3 Å². The maximum absolute atomic E-state index is 12.3. The number of phenols is 1. The van der Waals surface area contributed by atoms with Crippen molar-refractivity contribution in [3.8, 4) is 5.75 Å². The first-order valence-corrected chi connectivity index (χ1v) is 7.62.